The number of benzene rings is 1. The van der Waals surface area contributed by atoms with Crippen LogP contribution in [0.25, 0.3) is 0 Å². The monoisotopic (exact) mass is 396 g/mol. The third kappa shape index (κ3) is 2.81. The van der Waals surface area contributed by atoms with Crippen molar-refractivity contribution in [1.29, 1.82) is 0 Å². The van der Waals surface area contributed by atoms with Crippen molar-refractivity contribution < 1.29 is 19.2 Å². The van der Waals surface area contributed by atoms with Crippen molar-refractivity contribution in [2.45, 2.75) is 62.7 Å². The first-order valence-electron chi connectivity index (χ1n) is 10.2. The largest absolute Gasteiger partial charge is 0.324 e. The van der Waals surface area contributed by atoms with Crippen LogP contribution in [0.5, 0.6) is 0 Å². The smallest absolute Gasteiger partial charge is 0.262 e. The summed E-state index contributed by atoms with van der Waals surface area (Å²) in [6.07, 6.45) is 4.55. The summed E-state index contributed by atoms with van der Waals surface area (Å²) in [6, 6.07) is 4.47. The topological polar surface area (TPSA) is 122 Å². The van der Waals surface area contributed by atoms with Gasteiger partial charge in [-0.15, -0.1) is 0 Å². The number of nitrogens with one attached hydrogen (secondary N) is 2. The molecule has 2 aliphatic heterocycles. The van der Waals surface area contributed by atoms with Crippen LogP contribution < -0.4 is 16.4 Å². The van der Waals surface area contributed by atoms with Crippen LogP contribution in [0, 0.1) is 5.92 Å². The zero-order valence-electron chi connectivity index (χ0n) is 16.1. The fourth-order valence-electron chi connectivity index (χ4n) is 5.55. The van der Waals surface area contributed by atoms with E-state index in [-0.39, 0.29) is 30.3 Å². The minimum absolute atomic E-state index is 0.111. The molecule has 3 fully saturated rings. The highest BCUT2D eigenvalue weighted by Gasteiger charge is 2.49. The molecule has 0 aromatic heterocycles. The molecule has 4 N–H and O–H groups in total. The van der Waals surface area contributed by atoms with E-state index in [0.717, 1.165) is 29.7 Å². The summed E-state index contributed by atoms with van der Waals surface area (Å²) in [5.41, 5.74) is 7.78. The van der Waals surface area contributed by atoms with Crippen LogP contribution in [-0.2, 0) is 16.1 Å². The van der Waals surface area contributed by atoms with Gasteiger partial charge in [0.25, 0.3) is 11.8 Å². The lowest BCUT2D eigenvalue weighted by Crippen LogP contribution is -2.54. The van der Waals surface area contributed by atoms with Gasteiger partial charge in [0.2, 0.25) is 11.8 Å². The van der Waals surface area contributed by atoms with E-state index >= 15 is 0 Å². The third-order valence-corrected chi connectivity index (χ3v) is 7.04. The molecule has 152 valence electrons. The Balaban J connectivity index is 1.38. The predicted molar refractivity (Wildman–Crippen MR) is 103 cm³/mol. The maximum atomic E-state index is 13.1. The molecule has 8 heteroatoms. The zero-order valence-corrected chi connectivity index (χ0v) is 16.1. The molecular weight excluding hydrogens is 372 g/mol. The molecule has 2 bridgehead atoms. The van der Waals surface area contributed by atoms with Gasteiger partial charge in [0, 0.05) is 24.5 Å². The fraction of sp³-hybridized carbons (Fsp3) is 0.524. The minimum atomic E-state index is -0.946. The zero-order chi connectivity index (χ0) is 20.3. The molecule has 4 atom stereocenters. The maximum Gasteiger partial charge on any atom is 0.262 e. The first kappa shape index (κ1) is 18.4. The number of nitrogens with zero attached hydrogens (tertiary/aromatic N) is 1. The molecule has 1 saturated heterocycles. The Kier molecular flexibility index (Phi) is 4.11. The van der Waals surface area contributed by atoms with Crippen LogP contribution in [0.3, 0.4) is 0 Å². The summed E-state index contributed by atoms with van der Waals surface area (Å²) in [4.78, 5) is 50.7. The molecule has 4 aliphatic rings. The van der Waals surface area contributed by atoms with Gasteiger partial charge < -0.3 is 11.1 Å². The molecule has 4 amide bonds. The van der Waals surface area contributed by atoms with Gasteiger partial charge in [0.05, 0.1) is 11.1 Å². The van der Waals surface area contributed by atoms with E-state index in [1.54, 1.807) is 12.1 Å². The summed E-state index contributed by atoms with van der Waals surface area (Å²) >= 11 is 0. The van der Waals surface area contributed by atoms with Crippen molar-refractivity contribution in [2.24, 2.45) is 11.7 Å². The molecular formula is C21H24N4O4. The second-order valence-corrected chi connectivity index (χ2v) is 8.80. The van der Waals surface area contributed by atoms with Crippen molar-refractivity contribution in [2.75, 3.05) is 0 Å². The van der Waals surface area contributed by atoms with Crippen molar-refractivity contribution in [3.8, 4) is 0 Å². The van der Waals surface area contributed by atoms with Gasteiger partial charge in [0.15, 0.2) is 0 Å². The number of hydrogen-bond acceptors (Lipinski definition) is 6. The van der Waals surface area contributed by atoms with Crippen LogP contribution in [0.2, 0.25) is 0 Å². The average molecular weight is 396 g/mol. The third-order valence-electron chi connectivity index (χ3n) is 7.04. The summed E-state index contributed by atoms with van der Waals surface area (Å²) < 4.78 is 0. The number of carbonyl (C=O) groups excluding carboxylic acids is 4. The Morgan fingerprint density at radius 1 is 1.17 bits per heavy atom. The number of hydrogen-bond donors (Lipinski definition) is 3. The Bertz CT molecular complexity index is 945. The molecule has 8 nitrogen and oxygen atoms in total. The summed E-state index contributed by atoms with van der Waals surface area (Å²) in [6.45, 7) is 0.446. The van der Waals surface area contributed by atoms with Gasteiger partial charge in [-0.25, -0.2) is 0 Å². The molecule has 1 aromatic carbocycles. The van der Waals surface area contributed by atoms with Crippen molar-refractivity contribution >= 4 is 23.6 Å². The number of piperidine rings is 1. The molecule has 0 spiro atoms. The average Bonchev–Trinajstić information content (AvgIpc) is 3.30. The van der Waals surface area contributed by atoms with E-state index in [1.807, 2.05) is 6.07 Å². The van der Waals surface area contributed by atoms with Crippen LogP contribution in [0.15, 0.2) is 18.2 Å². The molecule has 1 aromatic rings. The lowest BCUT2D eigenvalue weighted by atomic mass is 9.89. The molecule has 4 unspecified atom stereocenters. The van der Waals surface area contributed by atoms with E-state index in [9.17, 15) is 19.2 Å². The maximum absolute atomic E-state index is 13.1. The number of amides is 4. The van der Waals surface area contributed by atoms with Gasteiger partial charge in [-0.3, -0.25) is 29.4 Å². The van der Waals surface area contributed by atoms with E-state index in [4.69, 9.17) is 5.73 Å². The van der Waals surface area contributed by atoms with Gasteiger partial charge in [0.1, 0.15) is 6.04 Å². The Hall–Kier alpha value is -2.58. The summed E-state index contributed by atoms with van der Waals surface area (Å²) in [5.74, 6) is -1.24. The standard InChI is InChI=1S/C21H24N4O4/c22-21-7-6-11(9-21)8-15(21)23-10-12-2-1-3-13-17(12)20(29)25(19(13)28)14-4-5-16(26)24-18(14)27/h1-3,11,14-15,23H,4-10,22H2,(H,24,26,27). The summed E-state index contributed by atoms with van der Waals surface area (Å²) in [7, 11) is 0. The normalized spacial score (nSPS) is 33.4. The highest BCUT2D eigenvalue weighted by atomic mass is 16.2. The first-order valence-corrected chi connectivity index (χ1v) is 10.2. The number of nitrogens with two attached hydrogens (primary N) is 1. The summed E-state index contributed by atoms with van der Waals surface area (Å²) in [5, 5.41) is 5.73. The fourth-order valence-corrected chi connectivity index (χ4v) is 5.55. The highest BCUT2D eigenvalue weighted by Crippen LogP contribution is 2.46. The van der Waals surface area contributed by atoms with E-state index < -0.39 is 23.8 Å². The lowest BCUT2D eigenvalue weighted by molar-refractivity contribution is -0.136. The highest BCUT2D eigenvalue weighted by molar-refractivity contribution is 6.24. The number of imide groups is 2. The number of rotatable bonds is 4. The Labute approximate surface area is 168 Å². The van der Waals surface area contributed by atoms with Crippen molar-refractivity contribution in [3.63, 3.8) is 0 Å². The van der Waals surface area contributed by atoms with Gasteiger partial charge in [-0.2, -0.15) is 0 Å². The molecule has 29 heavy (non-hydrogen) atoms. The SMILES string of the molecule is NC12CCC(CC1NCc1cccc3c1C(=O)N(C1CCC(=O)NC1=O)C3=O)C2. The van der Waals surface area contributed by atoms with E-state index in [0.29, 0.717) is 23.6 Å². The van der Waals surface area contributed by atoms with Gasteiger partial charge in [-0.1, -0.05) is 12.1 Å². The second kappa shape index (κ2) is 6.47. The number of carbonyl (C=O) groups is 4. The van der Waals surface area contributed by atoms with Crippen molar-refractivity contribution in [3.05, 3.63) is 34.9 Å². The van der Waals surface area contributed by atoms with E-state index in [1.165, 1.54) is 6.42 Å². The molecule has 2 aliphatic carbocycles. The Morgan fingerprint density at radius 2 is 2.00 bits per heavy atom. The van der Waals surface area contributed by atoms with Crippen molar-refractivity contribution in [1.82, 2.24) is 15.5 Å². The molecule has 0 radical (unpaired) electrons. The van der Waals surface area contributed by atoms with Crippen LogP contribution in [-0.4, -0.2) is 46.2 Å². The van der Waals surface area contributed by atoms with Gasteiger partial charge >= 0.3 is 0 Å². The number of fused-ring (bicyclic) bond motifs is 3. The second-order valence-electron chi connectivity index (χ2n) is 8.80. The Morgan fingerprint density at radius 3 is 2.69 bits per heavy atom. The van der Waals surface area contributed by atoms with E-state index in [2.05, 4.69) is 10.6 Å². The molecule has 2 saturated carbocycles. The molecule has 2 heterocycles. The van der Waals surface area contributed by atoms with Crippen LogP contribution in [0.1, 0.15) is 64.8 Å². The van der Waals surface area contributed by atoms with Gasteiger partial charge in [-0.05, 0) is 49.7 Å². The van der Waals surface area contributed by atoms with Crippen LogP contribution in [0.4, 0.5) is 0 Å². The molecule has 5 rings (SSSR count). The lowest BCUT2D eigenvalue weighted by Gasteiger charge is -2.32. The minimum Gasteiger partial charge on any atom is -0.324 e. The quantitative estimate of drug-likeness (QED) is 0.635. The first-order chi connectivity index (χ1) is 13.9. The predicted octanol–water partition coefficient (Wildman–Crippen LogP) is 0.447. The van der Waals surface area contributed by atoms with Crippen LogP contribution >= 0.6 is 0 Å².